The van der Waals surface area contributed by atoms with Crippen LogP contribution in [-0.2, 0) is 0 Å². The Morgan fingerprint density at radius 3 is 2.67 bits per heavy atom. The van der Waals surface area contributed by atoms with Gasteiger partial charge < -0.3 is 10.6 Å². The van der Waals surface area contributed by atoms with Crippen molar-refractivity contribution >= 4 is 5.91 Å². The van der Waals surface area contributed by atoms with Crippen molar-refractivity contribution in [3.05, 3.63) is 77.9 Å². The average molecular weight is 361 g/mol. The Balaban J connectivity index is 1.56. The summed E-state index contributed by atoms with van der Waals surface area (Å²) < 4.78 is 1.69. The first-order valence-corrected chi connectivity index (χ1v) is 9.17. The van der Waals surface area contributed by atoms with E-state index in [1.54, 1.807) is 11.0 Å². The van der Waals surface area contributed by atoms with Gasteiger partial charge in [-0.2, -0.15) is 5.10 Å². The maximum atomic E-state index is 13.2. The van der Waals surface area contributed by atoms with Gasteiger partial charge in [-0.05, 0) is 48.7 Å². The highest BCUT2D eigenvalue weighted by atomic mass is 16.2. The first-order valence-electron chi connectivity index (χ1n) is 9.17. The van der Waals surface area contributed by atoms with Crippen molar-refractivity contribution < 1.29 is 4.79 Å². The Kier molecular flexibility index (Phi) is 4.73. The van der Waals surface area contributed by atoms with E-state index >= 15 is 0 Å². The van der Waals surface area contributed by atoms with E-state index in [9.17, 15) is 4.79 Å². The lowest BCUT2D eigenvalue weighted by Gasteiger charge is -2.18. The van der Waals surface area contributed by atoms with E-state index in [1.165, 1.54) is 11.9 Å². The minimum absolute atomic E-state index is 0.0644. The quantitative estimate of drug-likeness (QED) is 0.774. The largest absolute Gasteiger partial charge is 0.338 e. The van der Waals surface area contributed by atoms with E-state index in [-0.39, 0.29) is 17.7 Å². The second-order valence-corrected chi connectivity index (χ2v) is 7.06. The molecule has 1 saturated heterocycles. The van der Waals surface area contributed by atoms with E-state index in [4.69, 9.17) is 5.73 Å². The lowest BCUT2D eigenvalue weighted by molar-refractivity contribution is 0.0785. The number of amides is 1. The Hall–Kier alpha value is -2.99. The van der Waals surface area contributed by atoms with Crippen molar-refractivity contribution in [3.63, 3.8) is 0 Å². The van der Waals surface area contributed by atoms with Crippen LogP contribution in [0.4, 0.5) is 0 Å². The summed E-state index contributed by atoms with van der Waals surface area (Å²) in [7, 11) is 0. The standard InChI is InChI=1S/C21H23N5O/c1-15-9-18(26-14-23-13-24-26)7-8-19(15)21(27)25-11-17(10-22)20(12-25)16-5-3-2-4-6-16/h2-9,13-14,17,20H,10-12,22H2,1H3/t17-,20+/m1/s1. The third-order valence-corrected chi connectivity index (χ3v) is 5.38. The number of hydrogen-bond acceptors (Lipinski definition) is 4. The first kappa shape index (κ1) is 17.4. The maximum Gasteiger partial charge on any atom is 0.254 e. The molecule has 0 bridgehead atoms. The van der Waals surface area contributed by atoms with Gasteiger partial charge in [0.05, 0.1) is 5.69 Å². The second-order valence-electron chi connectivity index (χ2n) is 7.06. The van der Waals surface area contributed by atoms with Crippen molar-refractivity contribution in [2.75, 3.05) is 19.6 Å². The highest BCUT2D eigenvalue weighted by molar-refractivity contribution is 5.96. The van der Waals surface area contributed by atoms with Crippen LogP contribution in [0.25, 0.3) is 5.69 Å². The number of carbonyl (C=O) groups is 1. The molecule has 0 unspecified atom stereocenters. The molecule has 1 aliphatic heterocycles. The molecule has 1 fully saturated rings. The summed E-state index contributed by atoms with van der Waals surface area (Å²) in [5.74, 6) is 0.635. The Morgan fingerprint density at radius 1 is 1.19 bits per heavy atom. The summed E-state index contributed by atoms with van der Waals surface area (Å²) in [6.45, 7) is 3.93. The molecule has 6 heteroatoms. The fourth-order valence-corrected chi connectivity index (χ4v) is 3.90. The Bertz CT molecular complexity index is 923. The van der Waals surface area contributed by atoms with Gasteiger partial charge in [-0.3, -0.25) is 4.79 Å². The molecule has 6 nitrogen and oxygen atoms in total. The average Bonchev–Trinajstić information content (AvgIpc) is 3.38. The molecule has 2 heterocycles. The number of hydrogen-bond donors (Lipinski definition) is 1. The molecule has 1 amide bonds. The molecular formula is C21H23N5O. The van der Waals surface area contributed by atoms with Gasteiger partial charge in [-0.25, -0.2) is 9.67 Å². The van der Waals surface area contributed by atoms with Gasteiger partial charge in [0.25, 0.3) is 5.91 Å². The van der Waals surface area contributed by atoms with Crippen LogP contribution in [0.1, 0.15) is 27.4 Å². The molecule has 0 aliphatic carbocycles. The molecule has 2 atom stereocenters. The molecule has 4 rings (SSSR count). The number of aryl methyl sites for hydroxylation is 1. The topological polar surface area (TPSA) is 77.0 Å². The zero-order chi connectivity index (χ0) is 18.8. The van der Waals surface area contributed by atoms with Gasteiger partial charge in [-0.15, -0.1) is 0 Å². The van der Waals surface area contributed by atoms with Crippen molar-refractivity contribution in [2.24, 2.45) is 11.7 Å². The van der Waals surface area contributed by atoms with E-state index in [0.717, 1.165) is 16.8 Å². The third kappa shape index (κ3) is 3.36. The normalized spacial score (nSPS) is 19.4. The van der Waals surface area contributed by atoms with Gasteiger partial charge in [0.15, 0.2) is 0 Å². The lowest BCUT2D eigenvalue weighted by Crippen LogP contribution is -2.30. The summed E-state index contributed by atoms with van der Waals surface area (Å²) in [5.41, 5.74) is 9.81. The number of nitrogens with zero attached hydrogens (tertiary/aromatic N) is 4. The van der Waals surface area contributed by atoms with Gasteiger partial charge >= 0.3 is 0 Å². The lowest BCUT2D eigenvalue weighted by atomic mass is 9.89. The van der Waals surface area contributed by atoms with Crippen LogP contribution in [0, 0.1) is 12.8 Å². The highest BCUT2D eigenvalue weighted by Crippen LogP contribution is 2.33. The van der Waals surface area contributed by atoms with Crippen LogP contribution in [-0.4, -0.2) is 45.2 Å². The van der Waals surface area contributed by atoms with Crippen LogP contribution in [0.15, 0.2) is 61.2 Å². The molecule has 3 aromatic rings. The van der Waals surface area contributed by atoms with E-state index < -0.39 is 0 Å². The van der Waals surface area contributed by atoms with Crippen LogP contribution in [0.2, 0.25) is 0 Å². The fourth-order valence-electron chi connectivity index (χ4n) is 3.90. The fraction of sp³-hybridized carbons (Fsp3) is 0.286. The van der Waals surface area contributed by atoms with E-state index in [1.807, 2.05) is 48.2 Å². The zero-order valence-electron chi connectivity index (χ0n) is 15.3. The molecule has 1 aliphatic rings. The Morgan fingerprint density at radius 2 is 2.00 bits per heavy atom. The highest BCUT2D eigenvalue weighted by Gasteiger charge is 2.35. The molecule has 27 heavy (non-hydrogen) atoms. The summed E-state index contributed by atoms with van der Waals surface area (Å²) in [5, 5.41) is 4.14. The van der Waals surface area contributed by atoms with Gasteiger partial charge in [0, 0.05) is 24.6 Å². The van der Waals surface area contributed by atoms with E-state index in [0.29, 0.717) is 19.6 Å². The monoisotopic (exact) mass is 361 g/mol. The van der Waals surface area contributed by atoms with E-state index in [2.05, 4.69) is 22.2 Å². The molecule has 2 aromatic carbocycles. The molecule has 2 N–H and O–H groups in total. The third-order valence-electron chi connectivity index (χ3n) is 5.38. The molecule has 138 valence electrons. The van der Waals surface area contributed by atoms with Crippen LogP contribution in [0.5, 0.6) is 0 Å². The summed E-state index contributed by atoms with van der Waals surface area (Å²) in [6.07, 6.45) is 3.14. The smallest absolute Gasteiger partial charge is 0.254 e. The summed E-state index contributed by atoms with van der Waals surface area (Å²) in [6, 6.07) is 16.1. The van der Waals surface area contributed by atoms with Gasteiger partial charge in [-0.1, -0.05) is 30.3 Å². The number of nitrogens with two attached hydrogens (primary N) is 1. The summed E-state index contributed by atoms with van der Waals surface area (Å²) >= 11 is 0. The van der Waals surface area contributed by atoms with Crippen LogP contribution >= 0.6 is 0 Å². The number of carbonyl (C=O) groups excluding carboxylic acids is 1. The number of benzene rings is 2. The maximum absolute atomic E-state index is 13.2. The molecule has 0 spiro atoms. The predicted molar refractivity (Wildman–Crippen MR) is 104 cm³/mol. The second kappa shape index (κ2) is 7.32. The number of likely N-dealkylation sites (tertiary alicyclic amines) is 1. The van der Waals surface area contributed by atoms with Crippen molar-refractivity contribution in [3.8, 4) is 5.69 Å². The predicted octanol–water partition coefficient (Wildman–Crippen LogP) is 2.39. The zero-order valence-corrected chi connectivity index (χ0v) is 15.3. The van der Waals surface area contributed by atoms with Crippen molar-refractivity contribution in [1.82, 2.24) is 19.7 Å². The SMILES string of the molecule is Cc1cc(-n2cncn2)ccc1C(=O)N1C[C@@H](CN)[C@H](c2ccccc2)C1. The first-order chi connectivity index (χ1) is 13.2. The number of aromatic nitrogens is 3. The molecule has 0 saturated carbocycles. The Labute approximate surface area is 158 Å². The molecule has 0 radical (unpaired) electrons. The van der Waals surface area contributed by atoms with Crippen molar-refractivity contribution in [2.45, 2.75) is 12.8 Å². The number of rotatable bonds is 4. The molecular weight excluding hydrogens is 338 g/mol. The van der Waals surface area contributed by atoms with Gasteiger partial charge in [0.2, 0.25) is 0 Å². The van der Waals surface area contributed by atoms with Gasteiger partial charge in [0.1, 0.15) is 12.7 Å². The minimum Gasteiger partial charge on any atom is -0.338 e. The van der Waals surface area contributed by atoms with Crippen LogP contribution in [0.3, 0.4) is 0 Å². The summed E-state index contributed by atoms with van der Waals surface area (Å²) in [4.78, 5) is 19.1. The van der Waals surface area contributed by atoms with Crippen LogP contribution < -0.4 is 5.73 Å². The molecule has 1 aromatic heterocycles. The minimum atomic E-state index is 0.0644. The van der Waals surface area contributed by atoms with Crippen molar-refractivity contribution in [1.29, 1.82) is 0 Å².